The highest BCUT2D eigenvalue weighted by Crippen LogP contribution is 2.27. The molecule has 0 bridgehead atoms. The lowest BCUT2D eigenvalue weighted by Gasteiger charge is -2.13. The molecule has 0 saturated heterocycles. The number of amidine groups is 1. The molecule has 1 unspecified atom stereocenters. The van der Waals surface area contributed by atoms with Crippen molar-refractivity contribution in [3.63, 3.8) is 0 Å². The van der Waals surface area contributed by atoms with Crippen LogP contribution < -0.4 is 5.73 Å². The van der Waals surface area contributed by atoms with Gasteiger partial charge in [-0.1, -0.05) is 6.92 Å². The van der Waals surface area contributed by atoms with E-state index < -0.39 is 24.4 Å². The van der Waals surface area contributed by atoms with Gasteiger partial charge in [0.15, 0.2) is 0 Å². The fraction of sp³-hybridized carbons (Fsp3) is 0.800. The molecule has 0 aliphatic rings. The number of hydrogen-bond donors (Lipinski definition) is 2. The van der Waals surface area contributed by atoms with E-state index in [0.717, 1.165) is 6.92 Å². The summed E-state index contributed by atoms with van der Waals surface area (Å²) in [7, 11) is 0. The Bertz CT molecular complexity index is 129. The molecule has 0 amide bonds. The van der Waals surface area contributed by atoms with Gasteiger partial charge in [-0.2, -0.15) is 13.2 Å². The van der Waals surface area contributed by atoms with Gasteiger partial charge in [-0.3, -0.25) is 5.41 Å². The maximum absolute atomic E-state index is 11.7. The molecule has 0 saturated carbocycles. The first-order valence-electron chi connectivity index (χ1n) is 2.73. The summed E-state index contributed by atoms with van der Waals surface area (Å²) in [4.78, 5) is 0. The van der Waals surface area contributed by atoms with Gasteiger partial charge in [0.05, 0.1) is 11.8 Å². The first-order chi connectivity index (χ1) is 4.34. The molecule has 2 nitrogen and oxygen atoms in total. The highest BCUT2D eigenvalue weighted by atomic mass is 19.4. The fourth-order valence-electron chi connectivity index (χ4n) is 0.446. The Balaban J connectivity index is 3.85. The van der Waals surface area contributed by atoms with Crippen LogP contribution >= 0.6 is 0 Å². The minimum atomic E-state index is -4.23. The van der Waals surface area contributed by atoms with Crippen molar-refractivity contribution in [2.45, 2.75) is 19.5 Å². The zero-order valence-corrected chi connectivity index (χ0v) is 5.50. The number of alkyl halides is 3. The van der Waals surface area contributed by atoms with Crippen LogP contribution in [-0.4, -0.2) is 12.0 Å². The van der Waals surface area contributed by atoms with Gasteiger partial charge in [-0.05, 0) is 0 Å². The molecule has 0 aromatic carbocycles. The summed E-state index contributed by atoms with van der Waals surface area (Å²) in [6.07, 6.45) is -4.64. The Labute approximate surface area is 56.7 Å². The SMILES string of the molecule is CC(CC(=N)N)C(F)(F)F. The second-order valence-electron chi connectivity index (χ2n) is 2.17. The van der Waals surface area contributed by atoms with Gasteiger partial charge in [0, 0.05) is 6.42 Å². The Kier molecular flexibility index (Phi) is 2.68. The summed E-state index contributed by atoms with van der Waals surface area (Å²) in [6, 6.07) is 0. The monoisotopic (exact) mass is 154 g/mol. The predicted molar refractivity (Wildman–Crippen MR) is 31.8 cm³/mol. The van der Waals surface area contributed by atoms with E-state index in [4.69, 9.17) is 11.1 Å². The lowest BCUT2D eigenvalue weighted by Crippen LogP contribution is -2.25. The maximum Gasteiger partial charge on any atom is 0.391 e. The molecule has 60 valence electrons. The third-order valence-corrected chi connectivity index (χ3v) is 1.08. The molecule has 0 rings (SSSR count). The van der Waals surface area contributed by atoms with Crippen LogP contribution in [0.1, 0.15) is 13.3 Å². The van der Waals surface area contributed by atoms with Crippen LogP contribution in [0, 0.1) is 11.3 Å². The molecule has 0 aliphatic carbocycles. The van der Waals surface area contributed by atoms with E-state index in [9.17, 15) is 13.2 Å². The fourth-order valence-corrected chi connectivity index (χ4v) is 0.446. The minimum Gasteiger partial charge on any atom is -0.388 e. The second kappa shape index (κ2) is 2.90. The summed E-state index contributed by atoms with van der Waals surface area (Å²) in [6.45, 7) is 1.00. The van der Waals surface area contributed by atoms with Crippen molar-refractivity contribution in [3.05, 3.63) is 0 Å². The summed E-state index contributed by atoms with van der Waals surface area (Å²) in [5, 5.41) is 6.58. The minimum absolute atomic E-state index is 0.413. The molecule has 0 aliphatic heterocycles. The standard InChI is InChI=1S/C5H9F3N2/c1-3(2-4(9)10)5(6,7)8/h3H,2H2,1H3,(H3,9,10). The number of nitrogens with two attached hydrogens (primary N) is 1. The smallest absolute Gasteiger partial charge is 0.388 e. The molecular formula is C5H9F3N2. The Morgan fingerprint density at radius 2 is 2.00 bits per heavy atom. The molecule has 0 heterocycles. The Hall–Kier alpha value is -0.740. The van der Waals surface area contributed by atoms with Crippen molar-refractivity contribution >= 4 is 5.84 Å². The molecule has 5 heteroatoms. The van der Waals surface area contributed by atoms with Crippen LogP contribution in [0.5, 0.6) is 0 Å². The summed E-state index contributed by atoms with van der Waals surface area (Å²) in [5.41, 5.74) is 4.77. The summed E-state index contributed by atoms with van der Waals surface area (Å²) >= 11 is 0. The van der Waals surface area contributed by atoms with Crippen LogP contribution in [0.4, 0.5) is 13.2 Å². The maximum atomic E-state index is 11.7. The van der Waals surface area contributed by atoms with Crippen LogP contribution in [0.3, 0.4) is 0 Å². The first kappa shape index (κ1) is 9.26. The van der Waals surface area contributed by atoms with Gasteiger partial charge in [0.25, 0.3) is 0 Å². The molecule has 0 aromatic rings. The van der Waals surface area contributed by atoms with E-state index in [0.29, 0.717) is 0 Å². The molecule has 0 spiro atoms. The number of rotatable bonds is 2. The molecule has 0 aromatic heterocycles. The predicted octanol–water partition coefficient (Wildman–Crippen LogP) is 1.51. The molecular weight excluding hydrogens is 145 g/mol. The van der Waals surface area contributed by atoms with Crippen LogP contribution in [0.15, 0.2) is 0 Å². The van der Waals surface area contributed by atoms with Crippen molar-refractivity contribution in [3.8, 4) is 0 Å². The largest absolute Gasteiger partial charge is 0.391 e. The van der Waals surface area contributed by atoms with Gasteiger partial charge in [0.2, 0.25) is 0 Å². The molecule has 3 N–H and O–H groups in total. The summed E-state index contributed by atoms with van der Waals surface area (Å²) < 4.78 is 35.0. The number of hydrogen-bond acceptors (Lipinski definition) is 1. The van der Waals surface area contributed by atoms with Crippen LogP contribution in [-0.2, 0) is 0 Å². The van der Waals surface area contributed by atoms with Gasteiger partial charge < -0.3 is 5.73 Å². The van der Waals surface area contributed by atoms with Gasteiger partial charge in [0.1, 0.15) is 0 Å². The van der Waals surface area contributed by atoms with Crippen LogP contribution in [0.2, 0.25) is 0 Å². The molecule has 10 heavy (non-hydrogen) atoms. The third kappa shape index (κ3) is 3.32. The first-order valence-corrected chi connectivity index (χ1v) is 2.73. The molecule has 0 fully saturated rings. The van der Waals surface area contributed by atoms with E-state index in [1.807, 2.05) is 0 Å². The van der Waals surface area contributed by atoms with Gasteiger partial charge >= 0.3 is 6.18 Å². The average Bonchev–Trinajstić information content (AvgIpc) is 1.60. The van der Waals surface area contributed by atoms with E-state index in [1.165, 1.54) is 0 Å². The lowest BCUT2D eigenvalue weighted by atomic mass is 10.1. The average molecular weight is 154 g/mol. The number of nitrogens with one attached hydrogen (secondary N) is 1. The van der Waals surface area contributed by atoms with Gasteiger partial charge in [-0.15, -0.1) is 0 Å². The van der Waals surface area contributed by atoms with Crippen molar-refractivity contribution in [1.82, 2.24) is 0 Å². The van der Waals surface area contributed by atoms with Crippen molar-refractivity contribution in [2.24, 2.45) is 11.7 Å². The van der Waals surface area contributed by atoms with Crippen molar-refractivity contribution < 1.29 is 13.2 Å². The highest BCUT2D eigenvalue weighted by molar-refractivity contribution is 5.77. The van der Waals surface area contributed by atoms with E-state index in [1.54, 1.807) is 0 Å². The Morgan fingerprint density at radius 3 is 2.10 bits per heavy atom. The molecule has 0 radical (unpaired) electrons. The van der Waals surface area contributed by atoms with E-state index in [-0.39, 0.29) is 0 Å². The summed E-state index contributed by atoms with van der Waals surface area (Å²) in [5.74, 6) is -1.94. The van der Waals surface area contributed by atoms with E-state index >= 15 is 0 Å². The normalized spacial score (nSPS) is 14.8. The highest BCUT2D eigenvalue weighted by Gasteiger charge is 2.35. The topological polar surface area (TPSA) is 49.9 Å². The van der Waals surface area contributed by atoms with Gasteiger partial charge in [-0.25, -0.2) is 0 Å². The van der Waals surface area contributed by atoms with Crippen molar-refractivity contribution in [2.75, 3.05) is 0 Å². The zero-order valence-electron chi connectivity index (χ0n) is 5.50. The second-order valence-corrected chi connectivity index (χ2v) is 2.17. The quantitative estimate of drug-likeness (QED) is 0.459. The molecule has 1 atom stereocenters. The third-order valence-electron chi connectivity index (χ3n) is 1.08. The van der Waals surface area contributed by atoms with E-state index in [2.05, 4.69) is 0 Å². The lowest BCUT2D eigenvalue weighted by molar-refractivity contribution is -0.167. The van der Waals surface area contributed by atoms with Crippen LogP contribution in [0.25, 0.3) is 0 Å². The Morgan fingerprint density at radius 1 is 1.60 bits per heavy atom. The number of halogens is 3. The zero-order chi connectivity index (χ0) is 8.36. The van der Waals surface area contributed by atoms with Crippen molar-refractivity contribution in [1.29, 1.82) is 5.41 Å².